The number of hydrogen-bond donors (Lipinski definition) is 2. The summed E-state index contributed by atoms with van der Waals surface area (Å²) >= 11 is 7.17. The predicted octanol–water partition coefficient (Wildman–Crippen LogP) is 1.76. The molecular weight excluding hydrogens is 246 g/mol. The van der Waals surface area contributed by atoms with Gasteiger partial charge in [-0.25, -0.2) is 0 Å². The van der Waals surface area contributed by atoms with Crippen molar-refractivity contribution in [1.29, 1.82) is 0 Å². The maximum atomic E-state index is 5.87. The highest BCUT2D eigenvalue weighted by Gasteiger charge is 2.06. The van der Waals surface area contributed by atoms with Crippen LogP contribution < -0.4 is 11.5 Å². The van der Waals surface area contributed by atoms with Crippen molar-refractivity contribution in [2.24, 2.45) is 16.5 Å². The summed E-state index contributed by atoms with van der Waals surface area (Å²) < 4.78 is 0. The molecule has 5 nitrogen and oxygen atoms in total. The quantitative estimate of drug-likeness (QED) is 0.630. The summed E-state index contributed by atoms with van der Waals surface area (Å²) in [6.07, 6.45) is 0. The molecule has 1 aromatic heterocycles. The average Bonchev–Trinajstić information content (AvgIpc) is 2.65. The average molecular weight is 254 g/mol. The van der Waals surface area contributed by atoms with Crippen LogP contribution in [0.5, 0.6) is 0 Å². The first kappa shape index (κ1) is 10.8. The number of benzene rings is 1. The molecule has 0 saturated heterocycles. The zero-order valence-corrected chi connectivity index (χ0v) is 9.66. The minimum atomic E-state index is -0.0335. The summed E-state index contributed by atoms with van der Waals surface area (Å²) in [7, 11) is 0. The fourth-order valence-corrected chi connectivity index (χ4v) is 2.03. The van der Waals surface area contributed by atoms with Gasteiger partial charge in [-0.1, -0.05) is 35.1 Å². The molecule has 0 fully saturated rings. The van der Waals surface area contributed by atoms with Gasteiger partial charge in [-0.2, -0.15) is 4.99 Å². The Morgan fingerprint density at radius 3 is 2.81 bits per heavy atom. The minimum Gasteiger partial charge on any atom is -0.370 e. The van der Waals surface area contributed by atoms with E-state index < -0.39 is 0 Å². The normalized spacial score (nSPS) is 10.1. The Morgan fingerprint density at radius 1 is 1.31 bits per heavy atom. The zero-order chi connectivity index (χ0) is 11.5. The fraction of sp³-hybridized carbons (Fsp3) is 0. The molecule has 0 amide bonds. The van der Waals surface area contributed by atoms with Gasteiger partial charge in [-0.05, 0) is 12.1 Å². The van der Waals surface area contributed by atoms with Gasteiger partial charge < -0.3 is 11.5 Å². The van der Waals surface area contributed by atoms with Crippen LogP contribution in [-0.4, -0.2) is 16.2 Å². The van der Waals surface area contributed by atoms with Crippen molar-refractivity contribution in [1.82, 2.24) is 10.2 Å². The lowest BCUT2D eigenvalue weighted by atomic mass is 10.2. The lowest BCUT2D eigenvalue weighted by Gasteiger charge is -1.94. The molecule has 7 heteroatoms. The molecule has 0 bridgehead atoms. The summed E-state index contributed by atoms with van der Waals surface area (Å²) in [5.74, 6) is -0.0335. The predicted molar refractivity (Wildman–Crippen MR) is 65.8 cm³/mol. The molecule has 0 radical (unpaired) electrons. The van der Waals surface area contributed by atoms with Crippen LogP contribution in [0.2, 0.25) is 5.02 Å². The lowest BCUT2D eigenvalue weighted by Crippen LogP contribution is -2.21. The second-order valence-electron chi connectivity index (χ2n) is 2.94. The number of aromatic nitrogens is 2. The zero-order valence-electron chi connectivity index (χ0n) is 8.09. The van der Waals surface area contributed by atoms with Gasteiger partial charge in [-0.3, -0.25) is 0 Å². The molecule has 0 atom stereocenters. The van der Waals surface area contributed by atoms with Gasteiger partial charge in [-0.15, -0.1) is 10.2 Å². The minimum absolute atomic E-state index is 0.0335. The fourth-order valence-electron chi connectivity index (χ4n) is 1.11. The number of nitrogens with two attached hydrogens (primary N) is 2. The molecule has 1 aromatic carbocycles. The van der Waals surface area contributed by atoms with Crippen LogP contribution in [-0.2, 0) is 0 Å². The summed E-state index contributed by atoms with van der Waals surface area (Å²) in [6.45, 7) is 0. The molecule has 16 heavy (non-hydrogen) atoms. The standard InChI is InChI=1S/C9H8ClN5S/c10-6-3-1-2-5(4-6)7-14-15-9(16-7)13-8(11)12/h1-4H,(H4,11,12,13,15). The van der Waals surface area contributed by atoms with Crippen LogP contribution in [0.1, 0.15) is 0 Å². The summed E-state index contributed by atoms with van der Waals surface area (Å²) in [4.78, 5) is 3.81. The third-order valence-corrected chi connectivity index (χ3v) is 2.81. The van der Waals surface area contributed by atoms with E-state index in [1.165, 1.54) is 11.3 Å². The molecular formula is C9H8ClN5S. The van der Waals surface area contributed by atoms with Crippen molar-refractivity contribution in [3.63, 3.8) is 0 Å². The van der Waals surface area contributed by atoms with Crippen molar-refractivity contribution in [2.75, 3.05) is 0 Å². The molecule has 2 rings (SSSR count). The van der Waals surface area contributed by atoms with Crippen LogP contribution in [0.4, 0.5) is 5.13 Å². The van der Waals surface area contributed by atoms with Gasteiger partial charge in [0.25, 0.3) is 0 Å². The number of aliphatic imine (C=N–C) groups is 1. The van der Waals surface area contributed by atoms with Crippen LogP contribution in [0.15, 0.2) is 29.3 Å². The third-order valence-electron chi connectivity index (χ3n) is 1.71. The van der Waals surface area contributed by atoms with Crippen molar-refractivity contribution in [2.45, 2.75) is 0 Å². The van der Waals surface area contributed by atoms with E-state index in [1.54, 1.807) is 12.1 Å². The van der Waals surface area contributed by atoms with Crippen molar-refractivity contribution in [3.8, 4) is 10.6 Å². The Labute approximate surface area is 101 Å². The van der Waals surface area contributed by atoms with Gasteiger partial charge in [0.15, 0.2) is 5.96 Å². The summed E-state index contributed by atoms with van der Waals surface area (Å²) in [5.41, 5.74) is 11.4. The Hall–Kier alpha value is -1.66. The molecule has 82 valence electrons. The summed E-state index contributed by atoms with van der Waals surface area (Å²) in [5, 5.41) is 9.61. The van der Waals surface area contributed by atoms with E-state index in [0.29, 0.717) is 10.2 Å². The highest BCUT2D eigenvalue weighted by atomic mass is 35.5. The van der Waals surface area contributed by atoms with Crippen LogP contribution in [0.25, 0.3) is 10.6 Å². The largest absolute Gasteiger partial charge is 0.370 e. The van der Waals surface area contributed by atoms with E-state index in [0.717, 1.165) is 10.6 Å². The lowest BCUT2D eigenvalue weighted by molar-refractivity contribution is 1.08. The molecule has 0 aliphatic heterocycles. The molecule has 0 saturated carbocycles. The molecule has 4 N–H and O–H groups in total. The topological polar surface area (TPSA) is 90.2 Å². The Kier molecular flexibility index (Phi) is 3.02. The van der Waals surface area contributed by atoms with E-state index in [1.807, 2.05) is 12.1 Å². The van der Waals surface area contributed by atoms with E-state index in [2.05, 4.69) is 15.2 Å². The highest BCUT2D eigenvalue weighted by Crippen LogP contribution is 2.29. The first-order valence-electron chi connectivity index (χ1n) is 4.34. The van der Waals surface area contributed by atoms with E-state index in [4.69, 9.17) is 23.1 Å². The van der Waals surface area contributed by atoms with Crippen molar-refractivity contribution in [3.05, 3.63) is 29.3 Å². The number of guanidine groups is 1. The maximum absolute atomic E-state index is 5.87. The second-order valence-corrected chi connectivity index (χ2v) is 4.33. The van der Waals surface area contributed by atoms with Gasteiger partial charge in [0.1, 0.15) is 5.01 Å². The van der Waals surface area contributed by atoms with E-state index in [9.17, 15) is 0 Å². The van der Waals surface area contributed by atoms with Crippen molar-refractivity contribution < 1.29 is 0 Å². The van der Waals surface area contributed by atoms with Crippen LogP contribution in [0, 0.1) is 0 Å². The Balaban J connectivity index is 2.35. The molecule has 1 heterocycles. The van der Waals surface area contributed by atoms with Gasteiger partial charge >= 0.3 is 0 Å². The number of halogens is 1. The van der Waals surface area contributed by atoms with Crippen molar-refractivity contribution >= 4 is 34.0 Å². The van der Waals surface area contributed by atoms with Crippen LogP contribution in [0.3, 0.4) is 0 Å². The molecule has 0 spiro atoms. The molecule has 0 unspecified atom stereocenters. The van der Waals surface area contributed by atoms with Gasteiger partial charge in [0.05, 0.1) is 0 Å². The SMILES string of the molecule is NC(N)=Nc1nnc(-c2cccc(Cl)c2)s1. The maximum Gasteiger partial charge on any atom is 0.235 e. The van der Waals surface area contributed by atoms with E-state index >= 15 is 0 Å². The number of nitrogens with zero attached hydrogens (tertiary/aromatic N) is 3. The third kappa shape index (κ3) is 2.47. The highest BCUT2D eigenvalue weighted by molar-refractivity contribution is 7.18. The first-order chi connectivity index (χ1) is 7.65. The van der Waals surface area contributed by atoms with Gasteiger partial charge in [0.2, 0.25) is 5.13 Å². The molecule has 0 aliphatic rings. The molecule has 0 aliphatic carbocycles. The summed E-state index contributed by atoms with van der Waals surface area (Å²) in [6, 6.07) is 7.34. The Morgan fingerprint density at radius 2 is 2.12 bits per heavy atom. The first-order valence-corrected chi connectivity index (χ1v) is 5.53. The second kappa shape index (κ2) is 4.46. The smallest absolute Gasteiger partial charge is 0.235 e. The number of rotatable bonds is 2. The molecule has 2 aromatic rings. The monoisotopic (exact) mass is 253 g/mol. The van der Waals surface area contributed by atoms with E-state index in [-0.39, 0.29) is 5.96 Å². The van der Waals surface area contributed by atoms with Gasteiger partial charge in [0, 0.05) is 10.6 Å². The van der Waals surface area contributed by atoms with Crippen LogP contribution >= 0.6 is 22.9 Å². The Bertz CT molecular complexity index is 532. The number of hydrogen-bond acceptors (Lipinski definition) is 4.